The third kappa shape index (κ3) is 4.64. The van der Waals surface area contributed by atoms with Gasteiger partial charge in [0.1, 0.15) is 5.56 Å². The Morgan fingerprint density at radius 3 is 2.69 bits per heavy atom. The smallest absolute Gasteiger partial charge is 0.282 e. The molecule has 1 fully saturated rings. The number of para-hydroxylation sites is 1. The molecule has 1 aliphatic rings. The SMILES string of the molecule is O=C(NCC1CCN(Cc2cccnc2)CC1)c1ccccc1[N+](=O)[O-]. The fourth-order valence-corrected chi connectivity index (χ4v) is 3.26. The van der Waals surface area contributed by atoms with Crippen molar-refractivity contribution >= 4 is 11.6 Å². The van der Waals surface area contributed by atoms with Gasteiger partial charge >= 0.3 is 0 Å². The Bertz CT molecular complexity index is 758. The Morgan fingerprint density at radius 2 is 2.00 bits per heavy atom. The number of nitrogens with one attached hydrogen (secondary N) is 1. The average molecular weight is 354 g/mol. The molecule has 1 aromatic carbocycles. The Kier molecular flexibility index (Phi) is 5.91. The summed E-state index contributed by atoms with van der Waals surface area (Å²) in [6.45, 7) is 3.39. The normalized spacial score (nSPS) is 15.5. The molecule has 1 aromatic heterocycles. The highest BCUT2D eigenvalue weighted by molar-refractivity contribution is 5.98. The third-order valence-electron chi connectivity index (χ3n) is 4.73. The molecule has 0 unspecified atom stereocenters. The molecular formula is C19H22N4O3. The first kappa shape index (κ1) is 18.0. The summed E-state index contributed by atoms with van der Waals surface area (Å²) in [5.74, 6) is 0.0157. The number of aromatic nitrogens is 1. The van der Waals surface area contributed by atoms with Gasteiger partial charge in [0.15, 0.2) is 0 Å². The number of hydrogen-bond acceptors (Lipinski definition) is 5. The highest BCUT2D eigenvalue weighted by Gasteiger charge is 2.22. The van der Waals surface area contributed by atoms with E-state index in [1.54, 1.807) is 18.3 Å². The number of likely N-dealkylation sites (tertiary alicyclic amines) is 1. The van der Waals surface area contributed by atoms with Crippen LogP contribution < -0.4 is 5.32 Å². The van der Waals surface area contributed by atoms with E-state index in [0.717, 1.165) is 32.5 Å². The molecular weight excluding hydrogens is 332 g/mol. The minimum absolute atomic E-state index is 0.117. The van der Waals surface area contributed by atoms with Gasteiger partial charge in [0, 0.05) is 31.5 Å². The van der Waals surface area contributed by atoms with Gasteiger partial charge in [-0.15, -0.1) is 0 Å². The largest absolute Gasteiger partial charge is 0.352 e. The maximum absolute atomic E-state index is 12.3. The van der Waals surface area contributed by atoms with Gasteiger partial charge in [-0.1, -0.05) is 18.2 Å². The van der Waals surface area contributed by atoms with Crippen LogP contribution in [0.2, 0.25) is 0 Å². The summed E-state index contributed by atoms with van der Waals surface area (Å²) >= 11 is 0. The molecule has 26 heavy (non-hydrogen) atoms. The lowest BCUT2D eigenvalue weighted by Gasteiger charge is -2.32. The van der Waals surface area contributed by atoms with Crippen molar-refractivity contribution in [2.24, 2.45) is 5.92 Å². The van der Waals surface area contributed by atoms with Crippen LogP contribution in [-0.4, -0.2) is 40.3 Å². The van der Waals surface area contributed by atoms with Gasteiger partial charge in [0.05, 0.1) is 4.92 Å². The summed E-state index contributed by atoms with van der Waals surface area (Å²) < 4.78 is 0. The minimum atomic E-state index is -0.522. The summed E-state index contributed by atoms with van der Waals surface area (Å²) in [5.41, 5.74) is 1.17. The molecule has 136 valence electrons. The number of amides is 1. The highest BCUT2D eigenvalue weighted by Crippen LogP contribution is 2.20. The Morgan fingerprint density at radius 1 is 1.23 bits per heavy atom. The van der Waals surface area contributed by atoms with Crippen molar-refractivity contribution < 1.29 is 9.72 Å². The highest BCUT2D eigenvalue weighted by atomic mass is 16.6. The van der Waals surface area contributed by atoms with E-state index in [-0.39, 0.29) is 17.2 Å². The lowest BCUT2D eigenvalue weighted by Crippen LogP contribution is -2.38. The van der Waals surface area contributed by atoms with Crippen molar-refractivity contribution in [3.63, 3.8) is 0 Å². The van der Waals surface area contributed by atoms with Crippen LogP contribution in [0.1, 0.15) is 28.8 Å². The van der Waals surface area contributed by atoms with Gasteiger partial charge in [-0.3, -0.25) is 24.8 Å². The lowest BCUT2D eigenvalue weighted by atomic mass is 9.96. The molecule has 0 radical (unpaired) electrons. The van der Waals surface area contributed by atoms with Crippen molar-refractivity contribution in [2.45, 2.75) is 19.4 Å². The fraction of sp³-hybridized carbons (Fsp3) is 0.368. The van der Waals surface area contributed by atoms with Crippen LogP contribution >= 0.6 is 0 Å². The van der Waals surface area contributed by atoms with Crippen LogP contribution in [0.25, 0.3) is 0 Å². The molecule has 3 rings (SSSR count). The van der Waals surface area contributed by atoms with Crippen LogP contribution in [-0.2, 0) is 6.54 Å². The van der Waals surface area contributed by atoms with Gasteiger partial charge < -0.3 is 5.32 Å². The van der Waals surface area contributed by atoms with Crippen molar-refractivity contribution in [3.8, 4) is 0 Å². The second-order valence-electron chi connectivity index (χ2n) is 6.57. The quantitative estimate of drug-likeness (QED) is 0.636. The number of nitrogens with zero attached hydrogens (tertiary/aromatic N) is 3. The van der Waals surface area contributed by atoms with Gasteiger partial charge in [0.2, 0.25) is 0 Å². The van der Waals surface area contributed by atoms with Crippen molar-refractivity contribution in [1.29, 1.82) is 0 Å². The van der Waals surface area contributed by atoms with Crippen LogP contribution in [0.3, 0.4) is 0 Å². The first-order valence-electron chi connectivity index (χ1n) is 8.76. The zero-order chi connectivity index (χ0) is 18.4. The van der Waals surface area contributed by atoms with Crippen LogP contribution in [0.5, 0.6) is 0 Å². The third-order valence-corrected chi connectivity index (χ3v) is 4.73. The van der Waals surface area contributed by atoms with Crippen LogP contribution in [0.4, 0.5) is 5.69 Å². The first-order chi connectivity index (χ1) is 12.6. The first-order valence-corrected chi connectivity index (χ1v) is 8.76. The van der Waals surface area contributed by atoms with Gasteiger partial charge in [-0.25, -0.2) is 0 Å². The molecule has 0 bridgehead atoms. The number of rotatable bonds is 6. The van der Waals surface area contributed by atoms with Crippen LogP contribution in [0, 0.1) is 16.0 Å². The molecule has 1 saturated heterocycles. The standard InChI is InChI=1S/C19H22N4O3/c24-19(17-5-1-2-6-18(17)23(25)26)21-13-15-7-10-22(11-8-15)14-16-4-3-9-20-12-16/h1-6,9,12,15H,7-8,10-11,13-14H2,(H,21,24). The molecule has 7 nitrogen and oxygen atoms in total. The molecule has 1 aliphatic heterocycles. The maximum Gasteiger partial charge on any atom is 0.282 e. The van der Waals surface area contributed by atoms with Gasteiger partial charge in [0.25, 0.3) is 11.6 Å². The average Bonchev–Trinajstić information content (AvgIpc) is 2.68. The van der Waals surface area contributed by atoms with E-state index >= 15 is 0 Å². The summed E-state index contributed by atoms with van der Waals surface area (Å²) in [7, 11) is 0. The molecule has 0 aliphatic carbocycles. The molecule has 1 amide bonds. The number of nitro groups is 1. The number of nitro benzene ring substituents is 1. The Balaban J connectivity index is 1.47. The second kappa shape index (κ2) is 8.53. The van der Waals surface area contributed by atoms with Crippen molar-refractivity contribution in [2.75, 3.05) is 19.6 Å². The zero-order valence-corrected chi connectivity index (χ0v) is 14.5. The second-order valence-corrected chi connectivity index (χ2v) is 6.57. The van der Waals surface area contributed by atoms with E-state index in [9.17, 15) is 14.9 Å². The number of benzene rings is 1. The number of carbonyl (C=O) groups excluding carboxylic acids is 1. The Labute approximate surface area is 152 Å². The topological polar surface area (TPSA) is 88.4 Å². The predicted octanol–water partition coefficient (Wildman–Crippen LogP) is 2.63. The van der Waals surface area contributed by atoms with E-state index in [2.05, 4.69) is 21.3 Å². The summed E-state index contributed by atoms with van der Waals surface area (Å²) in [4.78, 5) is 29.3. The van der Waals surface area contributed by atoms with Crippen molar-refractivity contribution in [3.05, 3.63) is 70.0 Å². The van der Waals surface area contributed by atoms with Gasteiger partial charge in [-0.2, -0.15) is 0 Å². The molecule has 7 heteroatoms. The number of carbonyl (C=O) groups is 1. The molecule has 0 spiro atoms. The zero-order valence-electron chi connectivity index (χ0n) is 14.5. The van der Waals surface area contributed by atoms with E-state index in [4.69, 9.17) is 0 Å². The maximum atomic E-state index is 12.3. The molecule has 2 aromatic rings. The fourth-order valence-electron chi connectivity index (χ4n) is 3.26. The van der Waals surface area contributed by atoms with Crippen molar-refractivity contribution in [1.82, 2.24) is 15.2 Å². The number of piperidine rings is 1. The molecule has 0 atom stereocenters. The van der Waals surface area contributed by atoms with E-state index in [1.165, 1.54) is 17.7 Å². The number of hydrogen-bond donors (Lipinski definition) is 1. The predicted molar refractivity (Wildman–Crippen MR) is 97.7 cm³/mol. The molecule has 2 heterocycles. The summed E-state index contributed by atoms with van der Waals surface area (Å²) in [5, 5.41) is 13.9. The monoisotopic (exact) mass is 354 g/mol. The van der Waals surface area contributed by atoms with E-state index < -0.39 is 4.92 Å². The molecule has 1 N–H and O–H groups in total. The summed E-state index contributed by atoms with van der Waals surface area (Å²) in [6.07, 6.45) is 5.66. The summed E-state index contributed by atoms with van der Waals surface area (Å²) in [6, 6.07) is 10.1. The molecule has 0 saturated carbocycles. The van der Waals surface area contributed by atoms with Crippen LogP contribution in [0.15, 0.2) is 48.8 Å². The lowest BCUT2D eigenvalue weighted by molar-refractivity contribution is -0.385. The minimum Gasteiger partial charge on any atom is -0.352 e. The van der Waals surface area contributed by atoms with Gasteiger partial charge in [-0.05, 0) is 49.5 Å². The number of pyridine rings is 1. The Hall–Kier alpha value is -2.80. The van der Waals surface area contributed by atoms with E-state index in [0.29, 0.717) is 12.5 Å². The van der Waals surface area contributed by atoms with E-state index in [1.807, 2.05) is 12.3 Å².